The summed E-state index contributed by atoms with van der Waals surface area (Å²) in [5.41, 5.74) is 0.840. The molecule has 0 aromatic heterocycles. The predicted molar refractivity (Wildman–Crippen MR) is 93.0 cm³/mol. The number of nitrogens with zero attached hydrogens (tertiary/aromatic N) is 1. The molecule has 132 valence electrons. The summed E-state index contributed by atoms with van der Waals surface area (Å²) in [4.78, 5) is 23.2. The Bertz CT molecular complexity index is 872. The first-order valence-electron chi connectivity index (χ1n) is 7.32. The number of carbonyl (C=O) groups excluding carboxylic acids is 2. The zero-order valence-electron chi connectivity index (χ0n) is 14.0. The number of hydrogen-bond donors (Lipinski definition) is 1. The Labute approximate surface area is 146 Å². The summed E-state index contributed by atoms with van der Waals surface area (Å²) in [7, 11) is -0.612. The average Bonchev–Trinajstić information content (AvgIpc) is 2.55. The molecule has 2 aromatic carbocycles. The summed E-state index contributed by atoms with van der Waals surface area (Å²) < 4.78 is 30.0. The number of hydrogen-bond acceptors (Lipinski definition) is 5. The quantitative estimate of drug-likeness (QED) is 0.650. The lowest BCUT2D eigenvalue weighted by Gasteiger charge is -2.12. The highest BCUT2D eigenvalue weighted by Gasteiger charge is 2.16. The van der Waals surface area contributed by atoms with Gasteiger partial charge in [-0.05, 0) is 48.5 Å². The number of amides is 1. The van der Waals surface area contributed by atoms with Crippen molar-refractivity contribution in [2.45, 2.75) is 11.8 Å². The van der Waals surface area contributed by atoms with Crippen LogP contribution in [0.5, 0.6) is 5.75 Å². The summed E-state index contributed by atoms with van der Waals surface area (Å²) in [6.45, 7) is 1.29. The first kappa shape index (κ1) is 18.6. The summed E-state index contributed by atoms with van der Waals surface area (Å²) in [6.07, 6.45) is 0. The van der Waals surface area contributed by atoms with Crippen LogP contribution in [0.2, 0.25) is 0 Å². The van der Waals surface area contributed by atoms with Crippen molar-refractivity contribution in [3.63, 3.8) is 0 Å². The van der Waals surface area contributed by atoms with E-state index < -0.39 is 16.0 Å². The third kappa shape index (κ3) is 4.65. The van der Waals surface area contributed by atoms with Crippen LogP contribution in [-0.4, -0.2) is 38.7 Å². The zero-order chi connectivity index (χ0) is 18.6. The van der Waals surface area contributed by atoms with Gasteiger partial charge in [-0.2, -0.15) is 0 Å². The molecule has 2 rings (SSSR count). The van der Waals surface area contributed by atoms with E-state index in [1.165, 1.54) is 69.6 Å². The summed E-state index contributed by atoms with van der Waals surface area (Å²) >= 11 is 0. The van der Waals surface area contributed by atoms with Gasteiger partial charge in [0.15, 0.2) is 0 Å². The van der Waals surface area contributed by atoms with E-state index in [1.54, 1.807) is 0 Å². The molecule has 1 N–H and O–H groups in total. The molecule has 0 radical (unpaired) electrons. The highest BCUT2D eigenvalue weighted by atomic mass is 32.2. The Morgan fingerprint density at radius 1 is 0.960 bits per heavy atom. The van der Waals surface area contributed by atoms with E-state index in [-0.39, 0.29) is 10.8 Å². The molecule has 0 atom stereocenters. The standard InChI is InChI=1S/C17H18N2O5S/c1-12(20)24-15-8-4-13(5-9-15)17(21)18-14-6-10-16(11-7-14)25(22,23)19(2)3/h4-11H,1-3H3,(H,18,21). The normalized spacial score (nSPS) is 11.2. The van der Waals surface area contributed by atoms with Crippen molar-refractivity contribution < 1.29 is 22.7 Å². The molecular weight excluding hydrogens is 344 g/mol. The number of sulfonamides is 1. The maximum absolute atomic E-state index is 12.2. The molecule has 0 aliphatic heterocycles. The number of ether oxygens (including phenoxy) is 1. The van der Waals surface area contributed by atoms with Crippen molar-refractivity contribution in [1.82, 2.24) is 4.31 Å². The maximum atomic E-state index is 12.2. The largest absolute Gasteiger partial charge is 0.427 e. The third-order valence-electron chi connectivity index (χ3n) is 3.27. The van der Waals surface area contributed by atoms with Gasteiger partial charge >= 0.3 is 5.97 Å². The minimum atomic E-state index is -3.51. The fourth-order valence-corrected chi connectivity index (χ4v) is 2.87. The lowest BCUT2D eigenvalue weighted by atomic mass is 10.2. The maximum Gasteiger partial charge on any atom is 0.308 e. The minimum Gasteiger partial charge on any atom is -0.427 e. The van der Waals surface area contributed by atoms with Crippen molar-refractivity contribution in [1.29, 1.82) is 0 Å². The molecule has 8 heteroatoms. The van der Waals surface area contributed by atoms with Crippen LogP contribution in [0.25, 0.3) is 0 Å². The average molecular weight is 362 g/mol. The van der Waals surface area contributed by atoms with Gasteiger partial charge in [0.2, 0.25) is 10.0 Å². The number of nitrogens with one attached hydrogen (secondary N) is 1. The second kappa shape index (κ2) is 7.45. The second-order valence-electron chi connectivity index (χ2n) is 5.38. The highest BCUT2D eigenvalue weighted by Crippen LogP contribution is 2.18. The van der Waals surface area contributed by atoms with E-state index in [1.807, 2.05) is 0 Å². The van der Waals surface area contributed by atoms with Crippen LogP contribution in [0.15, 0.2) is 53.4 Å². The van der Waals surface area contributed by atoms with Crippen molar-refractivity contribution in [3.05, 3.63) is 54.1 Å². The van der Waals surface area contributed by atoms with E-state index >= 15 is 0 Å². The Morgan fingerprint density at radius 3 is 2.00 bits per heavy atom. The Balaban J connectivity index is 2.09. The predicted octanol–water partition coefficient (Wildman–Crippen LogP) is 2.11. The first-order chi connectivity index (χ1) is 11.7. The Hall–Kier alpha value is -2.71. The number of benzene rings is 2. The lowest BCUT2D eigenvalue weighted by Crippen LogP contribution is -2.22. The molecule has 1 amide bonds. The molecule has 7 nitrogen and oxygen atoms in total. The van der Waals surface area contributed by atoms with Crippen LogP contribution < -0.4 is 10.1 Å². The van der Waals surface area contributed by atoms with Crippen molar-refractivity contribution in [2.75, 3.05) is 19.4 Å². The van der Waals surface area contributed by atoms with Gasteiger partial charge in [0.05, 0.1) is 4.90 Å². The van der Waals surface area contributed by atoms with E-state index in [9.17, 15) is 18.0 Å². The number of esters is 1. The molecule has 0 unspecified atom stereocenters. The van der Waals surface area contributed by atoms with Crippen LogP contribution >= 0.6 is 0 Å². The summed E-state index contributed by atoms with van der Waals surface area (Å²) in [5.74, 6) is -0.454. The van der Waals surface area contributed by atoms with E-state index in [2.05, 4.69) is 5.32 Å². The van der Waals surface area contributed by atoms with Crippen molar-refractivity contribution in [2.24, 2.45) is 0 Å². The topological polar surface area (TPSA) is 92.8 Å². The van der Waals surface area contributed by atoms with Gasteiger partial charge in [0, 0.05) is 32.3 Å². The van der Waals surface area contributed by atoms with E-state index in [0.717, 1.165) is 4.31 Å². The zero-order valence-corrected chi connectivity index (χ0v) is 14.8. The lowest BCUT2D eigenvalue weighted by molar-refractivity contribution is -0.131. The fraction of sp³-hybridized carbons (Fsp3) is 0.176. The molecule has 0 saturated carbocycles. The van der Waals surface area contributed by atoms with Crippen LogP contribution in [-0.2, 0) is 14.8 Å². The Kier molecular flexibility index (Phi) is 5.55. The molecule has 0 fully saturated rings. The van der Waals surface area contributed by atoms with Gasteiger partial charge in [-0.1, -0.05) is 0 Å². The molecule has 0 heterocycles. The summed E-state index contributed by atoms with van der Waals surface area (Å²) in [6, 6.07) is 12.0. The number of anilines is 1. The van der Waals surface area contributed by atoms with E-state index in [4.69, 9.17) is 4.74 Å². The third-order valence-corrected chi connectivity index (χ3v) is 5.10. The van der Waals surface area contributed by atoms with Gasteiger partial charge in [-0.15, -0.1) is 0 Å². The van der Waals surface area contributed by atoms with Crippen LogP contribution in [0, 0.1) is 0 Å². The van der Waals surface area contributed by atoms with Crippen LogP contribution in [0.3, 0.4) is 0 Å². The van der Waals surface area contributed by atoms with Gasteiger partial charge in [-0.25, -0.2) is 12.7 Å². The van der Waals surface area contributed by atoms with E-state index in [0.29, 0.717) is 17.0 Å². The molecule has 2 aromatic rings. The van der Waals surface area contributed by atoms with Crippen molar-refractivity contribution in [3.8, 4) is 5.75 Å². The smallest absolute Gasteiger partial charge is 0.308 e. The fourth-order valence-electron chi connectivity index (χ4n) is 1.96. The molecule has 0 spiro atoms. The molecule has 0 aliphatic carbocycles. The van der Waals surface area contributed by atoms with Crippen molar-refractivity contribution >= 4 is 27.6 Å². The molecule has 0 saturated heterocycles. The Morgan fingerprint density at radius 2 is 1.52 bits per heavy atom. The monoisotopic (exact) mass is 362 g/mol. The number of rotatable bonds is 5. The molecule has 0 bridgehead atoms. The second-order valence-corrected chi connectivity index (χ2v) is 7.54. The minimum absolute atomic E-state index is 0.140. The molecule has 25 heavy (non-hydrogen) atoms. The summed E-state index contributed by atoms with van der Waals surface area (Å²) in [5, 5.41) is 2.67. The SMILES string of the molecule is CC(=O)Oc1ccc(C(=O)Nc2ccc(S(=O)(=O)N(C)C)cc2)cc1. The van der Waals surface area contributed by atoms with Gasteiger partial charge in [-0.3, -0.25) is 9.59 Å². The highest BCUT2D eigenvalue weighted by molar-refractivity contribution is 7.89. The van der Waals surface area contributed by atoms with Gasteiger partial charge in [0.25, 0.3) is 5.91 Å². The van der Waals surface area contributed by atoms with Gasteiger partial charge in [0.1, 0.15) is 5.75 Å². The molecular formula is C17H18N2O5S. The van der Waals surface area contributed by atoms with Crippen LogP contribution in [0.1, 0.15) is 17.3 Å². The van der Waals surface area contributed by atoms with Gasteiger partial charge < -0.3 is 10.1 Å². The number of carbonyl (C=O) groups is 2. The van der Waals surface area contributed by atoms with Crippen LogP contribution in [0.4, 0.5) is 5.69 Å². The first-order valence-corrected chi connectivity index (χ1v) is 8.76. The molecule has 0 aliphatic rings.